The molecule has 1 heterocycles. The van der Waals surface area contributed by atoms with E-state index in [9.17, 15) is 9.90 Å². The summed E-state index contributed by atoms with van der Waals surface area (Å²) in [4.78, 5) is 11.9. The van der Waals surface area contributed by atoms with Crippen LogP contribution in [0.1, 0.15) is 19.8 Å². The maximum absolute atomic E-state index is 11.9. The minimum Gasteiger partial charge on any atom is -0.393 e. The van der Waals surface area contributed by atoms with Crippen LogP contribution in [0.25, 0.3) is 0 Å². The van der Waals surface area contributed by atoms with Crippen LogP contribution >= 0.6 is 0 Å². The third-order valence-corrected chi connectivity index (χ3v) is 2.91. The molecule has 0 saturated carbocycles. The first kappa shape index (κ1) is 12.1. The third kappa shape index (κ3) is 2.84. The average molecular weight is 234 g/mol. The van der Waals surface area contributed by atoms with Crippen molar-refractivity contribution in [2.75, 3.05) is 18.1 Å². The molecule has 1 N–H and O–H groups in total. The van der Waals surface area contributed by atoms with Gasteiger partial charge in [0.25, 0.3) is 0 Å². The summed E-state index contributed by atoms with van der Waals surface area (Å²) in [6.07, 6.45) is 0.897. The number of carbonyl (C=O) groups excluding carboxylic acids is 1. The monoisotopic (exact) mass is 234 g/mol. The van der Waals surface area contributed by atoms with Crippen LogP contribution in [0.15, 0.2) is 30.3 Å². The lowest BCUT2D eigenvalue weighted by molar-refractivity contribution is -0.118. The van der Waals surface area contributed by atoms with Crippen molar-refractivity contribution in [3.05, 3.63) is 30.3 Å². The Labute approximate surface area is 101 Å². The molecule has 1 atom stereocenters. The number of anilines is 1. The van der Waals surface area contributed by atoms with E-state index in [0.717, 1.165) is 12.2 Å². The fourth-order valence-corrected chi connectivity index (χ4v) is 2.01. The van der Waals surface area contributed by atoms with Crippen molar-refractivity contribution in [3.8, 4) is 0 Å². The van der Waals surface area contributed by atoms with Gasteiger partial charge in [0.05, 0.1) is 11.8 Å². The lowest BCUT2D eigenvalue weighted by atomic mass is 10.3. The van der Waals surface area contributed by atoms with Gasteiger partial charge in [0.15, 0.2) is 0 Å². The summed E-state index contributed by atoms with van der Waals surface area (Å²) >= 11 is 0. The first-order valence-corrected chi connectivity index (χ1v) is 5.99. The third-order valence-electron chi connectivity index (χ3n) is 2.91. The second-order valence-electron chi connectivity index (χ2n) is 4.38. The van der Waals surface area contributed by atoms with E-state index < -0.39 is 0 Å². The van der Waals surface area contributed by atoms with E-state index in [4.69, 9.17) is 0 Å². The number of amides is 1. The minimum atomic E-state index is -0.330. The molecule has 1 aromatic rings. The van der Waals surface area contributed by atoms with E-state index in [1.165, 1.54) is 0 Å². The zero-order chi connectivity index (χ0) is 12.3. The molecule has 1 aliphatic heterocycles. The summed E-state index contributed by atoms with van der Waals surface area (Å²) < 4.78 is 0. The summed E-state index contributed by atoms with van der Waals surface area (Å²) in [6.45, 7) is 3.21. The molecule has 1 saturated heterocycles. The van der Waals surface area contributed by atoms with E-state index >= 15 is 0 Å². The number of benzene rings is 1. The van der Waals surface area contributed by atoms with Gasteiger partial charge in [0, 0.05) is 19.5 Å². The highest BCUT2D eigenvalue weighted by molar-refractivity contribution is 5.94. The van der Waals surface area contributed by atoms with E-state index in [1.807, 2.05) is 35.3 Å². The van der Waals surface area contributed by atoms with Crippen LogP contribution in [0.4, 0.5) is 5.69 Å². The van der Waals surface area contributed by atoms with E-state index in [-0.39, 0.29) is 12.0 Å². The minimum absolute atomic E-state index is 0.127. The number of aliphatic hydroxyl groups is 1. The predicted molar refractivity (Wildman–Crippen MR) is 66.4 cm³/mol. The number of hydrogen-bond acceptors (Lipinski definition) is 3. The van der Waals surface area contributed by atoms with Crippen molar-refractivity contribution in [1.29, 1.82) is 0 Å². The van der Waals surface area contributed by atoms with E-state index in [2.05, 4.69) is 0 Å². The lowest BCUT2D eigenvalue weighted by Crippen LogP contribution is -2.40. The molecule has 2 rings (SSSR count). The Morgan fingerprint density at radius 2 is 2.06 bits per heavy atom. The standard InChI is InChI=1S/C13H18N2O2/c1-11(16)7-9-14-10-8-13(17)15(14)12-5-3-2-4-6-12/h2-6,11,16H,7-10H2,1H3. The van der Waals surface area contributed by atoms with Crippen molar-refractivity contribution in [1.82, 2.24) is 5.01 Å². The summed E-state index contributed by atoms with van der Waals surface area (Å²) in [5, 5.41) is 13.0. The first-order chi connectivity index (χ1) is 8.18. The SMILES string of the molecule is CC(O)CCN1CCC(=O)N1c1ccccc1. The molecular weight excluding hydrogens is 216 g/mol. The van der Waals surface area contributed by atoms with Gasteiger partial charge in [0.2, 0.25) is 5.91 Å². The molecule has 1 fully saturated rings. The van der Waals surface area contributed by atoms with Gasteiger partial charge in [-0.25, -0.2) is 10.0 Å². The highest BCUT2D eigenvalue weighted by atomic mass is 16.3. The van der Waals surface area contributed by atoms with Gasteiger partial charge in [-0.3, -0.25) is 4.79 Å². The molecule has 92 valence electrons. The second kappa shape index (κ2) is 5.29. The van der Waals surface area contributed by atoms with Crippen LogP contribution in [0.2, 0.25) is 0 Å². The predicted octanol–water partition coefficient (Wildman–Crippen LogP) is 1.41. The zero-order valence-electron chi connectivity index (χ0n) is 10.0. The molecule has 4 nitrogen and oxygen atoms in total. The molecule has 1 aliphatic rings. The number of aliphatic hydroxyl groups excluding tert-OH is 1. The molecule has 17 heavy (non-hydrogen) atoms. The zero-order valence-corrected chi connectivity index (χ0v) is 10.0. The topological polar surface area (TPSA) is 43.8 Å². The van der Waals surface area contributed by atoms with Crippen LogP contribution in [-0.4, -0.2) is 35.2 Å². The number of carbonyl (C=O) groups is 1. The van der Waals surface area contributed by atoms with Gasteiger partial charge in [-0.1, -0.05) is 18.2 Å². The summed E-state index contributed by atoms with van der Waals surface area (Å²) in [6, 6.07) is 9.64. The maximum atomic E-state index is 11.9. The fourth-order valence-electron chi connectivity index (χ4n) is 2.01. The van der Waals surface area contributed by atoms with Crippen molar-refractivity contribution >= 4 is 11.6 Å². The Kier molecular flexibility index (Phi) is 3.76. The number of hydrogen-bond donors (Lipinski definition) is 1. The molecule has 1 amide bonds. The van der Waals surface area contributed by atoms with Crippen LogP contribution < -0.4 is 5.01 Å². The normalized spacial score (nSPS) is 18.7. The first-order valence-electron chi connectivity index (χ1n) is 5.99. The van der Waals surface area contributed by atoms with Crippen molar-refractivity contribution < 1.29 is 9.90 Å². The summed E-state index contributed by atoms with van der Waals surface area (Å²) in [5.41, 5.74) is 0.903. The van der Waals surface area contributed by atoms with E-state index in [0.29, 0.717) is 19.4 Å². The summed E-state index contributed by atoms with van der Waals surface area (Å²) in [5.74, 6) is 0.127. The van der Waals surface area contributed by atoms with Gasteiger partial charge in [-0.15, -0.1) is 0 Å². The number of para-hydroxylation sites is 1. The Hall–Kier alpha value is -1.39. The van der Waals surface area contributed by atoms with Gasteiger partial charge in [0.1, 0.15) is 0 Å². The Morgan fingerprint density at radius 3 is 2.71 bits per heavy atom. The number of nitrogens with zero attached hydrogens (tertiary/aromatic N) is 2. The molecule has 0 radical (unpaired) electrons. The molecule has 1 unspecified atom stereocenters. The van der Waals surface area contributed by atoms with Gasteiger partial charge >= 0.3 is 0 Å². The highest BCUT2D eigenvalue weighted by Crippen LogP contribution is 2.22. The van der Waals surface area contributed by atoms with Gasteiger partial charge in [-0.05, 0) is 25.5 Å². The number of rotatable bonds is 4. The molecule has 0 spiro atoms. The average Bonchev–Trinajstić information content (AvgIpc) is 2.69. The Morgan fingerprint density at radius 1 is 1.35 bits per heavy atom. The van der Waals surface area contributed by atoms with Gasteiger partial charge in [-0.2, -0.15) is 0 Å². The molecule has 0 aliphatic carbocycles. The molecule has 1 aromatic carbocycles. The van der Waals surface area contributed by atoms with E-state index in [1.54, 1.807) is 11.9 Å². The Balaban J connectivity index is 2.09. The van der Waals surface area contributed by atoms with Crippen LogP contribution in [0, 0.1) is 0 Å². The quantitative estimate of drug-likeness (QED) is 0.856. The molecular formula is C13H18N2O2. The summed E-state index contributed by atoms with van der Waals surface area (Å²) in [7, 11) is 0. The molecule has 0 bridgehead atoms. The molecule has 4 heteroatoms. The highest BCUT2D eigenvalue weighted by Gasteiger charge is 2.29. The van der Waals surface area contributed by atoms with Gasteiger partial charge < -0.3 is 5.11 Å². The lowest BCUT2D eigenvalue weighted by Gasteiger charge is -2.28. The van der Waals surface area contributed by atoms with Crippen LogP contribution in [0.5, 0.6) is 0 Å². The second-order valence-corrected chi connectivity index (χ2v) is 4.38. The number of hydrazine groups is 1. The van der Waals surface area contributed by atoms with Crippen molar-refractivity contribution in [2.24, 2.45) is 0 Å². The van der Waals surface area contributed by atoms with Crippen LogP contribution in [0.3, 0.4) is 0 Å². The maximum Gasteiger partial charge on any atom is 0.242 e. The fraction of sp³-hybridized carbons (Fsp3) is 0.462. The largest absolute Gasteiger partial charge is 0.393 e. The van der Waals surface area contributed by atoms with Crippen molar-refractivity contribution in [2.45, 2.75) is 25.9 Å². The smallest absolute Gasteiger partial charge is 0.242 e. The molecule has 0 aromatic heterocycles. The van der Waals surface area contributed by atoms with Crippen LogP contribution in [-0.2, 0) is 4.79 Å². The van der Waals surface area contributed by atoms with Crippen molar-refractivity contribution in [3.63, 3.8) is 0 Å². The Bertz CT molecular complexity index is 378.